The molecule has 4 heteroatoms. The van der Waals surface area contributed by atoms with Crippen LogP contribution in [0.2, 0.25) is 0 Å². The fourth-order valence-corrected chi connectivity index (χ4v) is 2.53. The van der Waals surface area contributed by atoms with Crippen molar-refractivity contribution in [1.29, 1.82) is 0 Å². The normalized spacial score (nSPS) is 11.2. The van der Waals surface area contributed by atoms with Crippen molar-refractivity contribution in [1.82, 2.24) is 0 Å². The number of hydrogen-bond acceptors (Lipinski definition) is 4. The van der Waals surface area contributed by atoms with E-state index in [1.54, 1.807) is 0 Å². The summed E-state index contributed by atoms with van der Waals surface area (Å²) in [5, 5.41) is 8.47. The SMILES string of the molecule is CCCCCCCC/C=C\CCCCCCCC(=O)OOCCO. The third-order valence-corrected chi connectivity index (χ3v) is 3.97. The molecule has 0 fully saturated rings. The van der Waals surface area contributed by atoms with E-state index in [1.807, 2.05) is 0 Å². The summed E-state index contributed by atoms with van der Waals surface area (Å²) in [6.45, 7) is 2.16. The van der Waals surface area contributed by atoms with Crippen molar-refractivity contribution in [2.24, 2.45) is 0 Å². The van der Waals surface area contributed by atoms with E-state index in [-0.39, 0.29) is 19.2 Å². The van der Waals surface area contributed by atoms with Gasteiger partial charge in [0.15, 0.2) is 0 Å². The number of hydrogen-bond donors (Lipinski definition) is 1. The van der Waals surface area contributed by atoms with E-state index in [9.17, 15) is 4.79 Å². The van der Waals surface area contributed by atoms with Crippen molar-refractivity contribution >= 4 is 5.97 Å². The lowest BCUT2D eigenvalue weighted by Gasteiger charge is -2.02. The third-order valence-electron chi connectivity index (χ3n) is 3.97. The van der Waals surface area contributed by atoms with Crippen LogP contribution in [0.1, 0.15) is 96.8 Å². The number of allylic oxidation sites excluding steroid dienone is 2. The molecule has 0 aliphatic carbocycles. The topological polar surface area (TPSA) is 55.8 Å². The lowest BCUT2D eigenvalue weighted by atomic mass is 10.1. The highest BCUT2D eigenvalue weighted by molar-refractivity contribution is 5.68. The molecule has 0 unspecified atom stereocenters. The van der Waals surface area contributed by atoms with Gasteiger partial charge in [0.05, 0.1) is 6.61 Å². The largest absolute Gasteiger partial charge is 0.394 e. The first-order valence-corrected chi connectivity index (χ1v) is 9.89. The van der Waals surface area contributed by atoms with Crippen LogP contribution < -0.4 is 0 Å². The molecule has 0 amide bonds. The molecule has 0 radical (unpaired) electrons. The van der Waals surface area contributed by atoms with Crippen LogP contribution >= 0.6 is 0 Å². The van der Waals surface area contributed by atoms with Crippen LogP contribution in [0, 0.1) is 0 Å². The zero-order valence-electron chi connectivity index (χ0n) is 15.6. The fraction of sp³-hybridized carbons (Fsp3) is 0.850. The minimum absolute atomic E-state index is 0.0398. The summed E-state index contributed by atoms with van der Waals surface area (Å²) in [4.78, 5) is 20.2. The van der Waals surface area contributed by atoms with Crippen LogP contribution in [0.3, 0.4) is 0 Å². The van der Waals surface area contributed by atoms with Gasteiger partial charge in [-0.15, -0.1) is 0 Å². The molecule has 0 aliphatic heterocycles. The highest BCUT2D eigenvalue weighted by atomic mass is 17.2. The molecular formula is C20H38O4. The summed E-state index contributed by atoms with van der Waals surface area (Å²) in [7, 11) is 0. The van der Waals surface area contributed by atoms with Crippen LogP contribution in [0.15, 0.2) is 12.2 Å². The van der Waals surface area contributed by atoms with E-state index in [0.717, 1.165) is 19.3 Å². The van der Waals surface area contributed by atoms with Gasteiger partial charge in [-0.3, -0.25) is 4.89 Å². The molecule has 0 aliphatic rings. The lowest BCUT2D eigenvalue weighted by molar-refractivity contribution is -0.275. The molecule has 0 bridgehead atoms. The Labute approximate surface area is 148 Å². The summed E-state index contributed by atoms with van der Waals surface area (Å²) in [6, 6.07) is 0. The second kappa shape index (κ2) is 20.2. The van der Waals surface area contributed by atoms with Crippen molar-refractivity contribution in [2.75, 3.05) is 13.2 Å². The Kier molecular flexibility index (Phi) is 19.4. The smallest absolute Gasteiger partial charge is 0.342 e. The molecule has 0 spiro atoms. The van der Waals surface area contributed by atoms with Crippen LogP contribution in [-0.2, 0) is 14.6 Å². The Morgan fingerprint density at radius 2 is 1.38 bits per heavy atom. The molecule has 24 heavy (non-hydrogen) atoms. The van der Waals surface area contributed by atoms with Crippen molar-refractivity contribution in [3.8, 4) is 0 Å². The van der Waals surface area contributed by atoms with E-state index in [2.05, 4.69) is 28.9 Å². The van der Waals surface area contributed by atoms with Crippen LogP contribution in [0.5, 0.6) is 0 Å². The second-order valence-electron chi connectivity index (χ2n) is 6.34. The number of aliphatic hydroxyl groups excluding tert-OH is 1. The van der Waals surface area contributed by atoms with Gasteiger partial charge in [0, 0.05) is 6.42 Å². The Balaban J connectivity index is 3.16. The summed E-state index contributed by atoms with van der Waals surface area (Å²) in [5.74, 6) is -0.346. The Bertz CT molecular complexity index is 289. The van der Waals surface area contributed by atoms with E-state index in [4.69, 9.17) is 5.11 Å². The molecule has 0 saturated heterocycles. The summed E-state index contributed by atoms with van der Waals surface area (Å²) < 4.78 is 0. The maximum Gasteiger partial charge on any atom is 0.342 e. The standard InChI is InChI=1S/C20H38O4/c1-2-3-4-5-6-7-8-9-10-11-12-13-14-15-16-17-20(22)24-23-19-18-21/h9-10,21H,2-8,11-19H2,1H3/b10-9-. The van der Waals surface area contributed by atoms with Crippen LogP contribution in [0.4, 0.5) is 0 Å². The molecule has 0 aromatic carbocycles. The molecule has 0 saturated carbocycles. The van der Waals surface area contributed by atoms with Gasteiger partial charge >= 0.3 is 5.97 Å². The monoisotopic (exact) mass is 342 g/mol. The maximum atomic E-state index is 11.2. The van der Waals surface area contributed by atoms with Crippen molar-refractivity contribution in [2.45, 2.75) is 96.8 Å². The van der Waals surface area contributed by atoms with Crippen molar-refractivity contribution in [3.63, 3.8) is 0 Å². The predicted octanol–water partition coefficient (Wildman–Crippen LogP) is 5.49. The molecule has 0 aromatic rings. The minimum Gasteiger partial charge on any atom is -0.394 e. The zero-order valence-corrected chi connectivity index (χ0v) is 15.6. The lowest BCUT2D eigenvalue weighted by Crippen LogP contribution is -2.07. The first kappa shape index (κ1) is 23.1. The average molecular weight is 343 g/mol. The molecule has 142 valence electrons. The van der Waals surface area contributed by atoms with Gasteiger partial charge in [-0.05, 0) is 32.1 Å². The van der Waals surface area contributed by atoms with Gasteiger partial charge in [-0.25, -0.2) is 4.79 Å². The fourth-order valence-electron chi connectivity index (χ4n) is 2.53. The number of rotatable bonds is 18. The molecule has 0 aromatic heterocycles. The highest BCUT2D eigenvalue weighted by Crippen LogP contribution is 2.10. The molecule has 4 nitrogen and oxygen atoms in total. The highest BCUT2D eigenvalue weighted by Gasteiger charge is 2.03. The van der Waals surface area contributed by atoms with Crippen LogP contribution in [0.25, 0.3) is 0 Å². The van der Waals surface area contributed by atoms with E-state index in [0.29, 0.717) is 6.42 Å². The quantitative estimate of drug-likeness (QED) is 0.155. The van der Waals surface area contributed by atoms with Gasteiger partial charge in [-0.1, -0.05) is 70.4 Å². The molecule has 0 rings (SSSR count). The molecular weight excluding hydrogens is 304 g/mol. The Morgan fingerprint density at radius 1 is 0.833 bits per heavy atom. The number of aliphatic hydroxyl groups is 1. The molecule has 0 heterocycles. The van der Waals surface area contributed by atoms with Gasteiger partial charge in [0.1, 0.15) is 6.61 Å². The number of unbranched alkanes of at least 4 members (excludes halogenated alkanes) is 11. The Morgan fingerprint density at radius 3 is 1.96 bits per heavy atom. The molecule has 0 atom stereocenters. The Hall–Kier alpha value is -0.870. The number of carbonyl (C=O) groups is 1. The maximum absolute atomic E-state index is 11.2. The molecule has 1 N–H and O–H groups in total. The average Bonchev–Trinajstić information content (AvgIpc) is 2.58. The third kappa shape index (κ3) is 19.2. The predicted molar refractivity (Wildman–Crippen MR) is 98.6 cm³/mol. The van der Waals surface area contributed by atoms with Gasteiger partial charge in [0.2, 0.25) is 0 Å². The summed E-state index contributed by atoms with van der Waals surface area (Å²) >= 11 is 0. The minimum atomic E-state index is -0.346. The second-order valence-corrected chi connectivity index (χ2v) is 6.34. The first-order chi connectivity index (χ1) is 11.8. The van der Waals surface area contributed by atoms with E-state index in [1.165, 1.54) is 64.2 Å². The van der Waals surface area contributed by atoms with Crippen molar-refractivity contribution < 1.29 is 19.7 Å². The number of carbonyl (C=O) groups excluding carboxylic acids is 1. The summed E-state index contributed by atoms with van der Waals surface area (Å²) in [6.07, 6.45) is 21.2. The van der Waals surface area contributed by atoms with E-state index < -0.39 is 0 Å². The van der Waals surface area contributed by atoms with Gasteiger partial charge in [-0.2, -0.15) is 4.89 Å². The first-order valence-electron chi connectivity index (χ1n) is 9.89. The van der Waals surface area contributed by atoms with Crippen molar-refractivity contribution in [3.05, 3.63) is 12.2 Å². The van der Waals surface area contributed by atoms with Gasteiger partial charge < -0.3 is 5.11 Å². The zero-order chi connectivity index (χ0) is 17.7. The summed E-state index contributed by atoms with van der Waals surface area (Å²) in [5.41, 5.74) is 0. The van der Waals surface area contributed by atoms with Crippen LogP contribution in [-0.4, -0.2) is 24.3 Å². The van der Waals surface area contributed by atoms with Gasteiger partial charge in [0.25, 0.3) is 0 Å². The van der Waals surface area contributed by atoms with E-state index >= 15 is 0 Å².